The van der Waals surface area contributed by atoms with Crippen molar-refractivity contribution in [2.75, 3.05) is 7.11 Å². The highest BCUT2D eigenvalue weighted by atomic mass is 32.2. The van der Waals surface area contributed by atoms with E-state index in [2.05, 4.69) is 5.32 Å². The summed E-state index contributed by atoms with van der Waals surface area (Å²) in [6.07, 6.45) is 1.77. The van der Waals surface area contributed by atoms with Crippen LogP contribution in [0.3, 0.4) is 0 Å². The number of hydrogen-bond acceptors (Lipinski definition) is 5. The molecule has 0 aromatic heterocycles. The molecular formula is C14H15NO3S2. The van der Waals surface area contributed by atoms with Gasteiger partial charge in [0, 0.05) is 5.56 Å². The van der Waals surface area contributed by atoms with Gasteiger partial charge in [0.05, 0.1) is 18.1 Å². The largest absolute Gasteiger partial charge is 0.493 e. The molecule has 0 aliphatic carbocycles. The van der Waals surface area contributed by atoms with Gasteiger partial charge in [-0.15, -0.1) is 0 Å². The van der Waals surface area contributed by atoms with Crippen molar-refractivity contribution >= 4 is 40.3 Å². The topological polar surface area (TPSA) is 47.6 Å². The van der Waals surface area contributed by atoms with E-state index in [-0.39, 0.29) is 12.0 Å². The van der Waals surface area contributed by atoms with E-state index in [1.54, 1.807) is 13.2 Å². The number of hydrogen-bond donors (Lipinski definition) is 1. The lowest BCUT2D eigenvalue weighted by Crippen LogP contribution is -2.17. The summed E-state index contributed by atoms with van der Waals surface area (Å²) in [6.45, 7) is 3.88. The lowest BCUT2D eigenvalue weighted by molar-refractivity contribution is -0.115. The van der Waals surface area contributed by atoms with Gasteiger partial charge in [0.15, 0.2) is 11.5 Å². The first kappa shape index (κ1) is 14.9. The van der Waals surface area contributed by atoms with Crippen molar-refractivity contribution in [3.63, 3.8) is 0 Å². The van der Waals surface area contributed by atoms with E-state index in [4.69, 9.17) is 21.7 Å². The molecule has 1 aliphatic rings. The Balaban J connectivity index is 2.43. The first-order chi connectivity index (χ1) is 9.51. The zero-order chi connectivity index (χ0) is 14.7. The molecule has 1 saturated heterocycles. The maximum atomic E-state index is 11.7. The second-order valence-electron chi connectivity index (χ2n) is 4.40. The first-order valence-electron chi connectivity index (χ1n) is 6.09. The van der Waals surface area contributed by atoms with Crippen LogP contribution in [0.15, 0.2) is 23.1 Å². The standard InChI is InChI=1S/C14H15NO3S2/c1-8(2)18-12-9(5-4-6-10(12)17-3)7-11-13(16)15-14(19)20-11/h4-8H,1-3H3,(H,15,16,19)/b11-7-. The Morgan fingerprint density at radius 1 is 1.40 bits per heavy atom. The number of benzene rings is 1. The van der Waals surface area contributed by atoms with E-state index < -0.39 is 0 Å². The van der Waals surface area contributed by atoms with Gasteiger partial charge < -0.3 is 14.8 Å². The molecule has 0 bridgehead atoms. The van der Waals surface area contributed by atoms with Crippen molar-refractivity contribution < 1.29 is 14.3 Å². The molecule has 0 atom stereocenters. The van der Waals surface area contributed by atoms with Crippen LogP contribution in [0.4, 0.5) is 0 Å². The molecule has 1 heterocycles. The quantitative estimate of drug-likeness (QED) is 0.684. The molecule has 4 nitrogen and oxygen atoms in total. The summed E-state index contributed by atoms with van der Waals surface area (Å²) in [5.41, 5.74) is 0.792. The molecule has 0 saturated carbocycles. The van der Waals surface area contributed by atoms with Crippen LogP contribution in [0.5, 0.6) is 11.5 Å². The Morgan fingerprint density at radius 3 is 2.70 bits per heavy atom. The van der Waals surface area contributed by atoms with Crippen LogP contribution in [-0.4, -0.2) is 23.4 Å². The van der Waals surface area contributed by atoms with E-state index in [0.717, 1.165) is 5.56 Å². The molecule has 1 N–H and O–H groups in total. The number of carbonyl (C=O) groups is 1. The van der Waals surface area contributed by atoms with E-state index in [1.165, 1.54) is 11.8 Å². The van der Waals surface area contributed by atoms with E-state index in [1.807, 2.05) is 32.0 Å². The minimum Gasteiger partial charge on any atom is -0.493 e. The molecule has 1 fully saturated rings. The highest BCUT2D eigenvalue weighted by molar-refractivity contribution is 8.26. The number of para-hydroxylation sites is 1. The molecule has 20 heavy (non-hydrogen) atoms. The average molecular weight is 309 g/mol. The molecular weight excluding hydrogens is 294 g/mol. The predicted octanol–water partition coefficient (Wildman–Crippen LogP) is 2.97. The van der Waals surface area contributed by atoms with Gasteiger partial charge in [-0.2, -0.15) is 0 Å². The van der Waals surface area contributed by atoms with Crippen molar-refractivity contribution in [1.29, 1.82) is 0 Å². The van der Waals surface area contributed by atoms with Crippen molar-refractivity contribution in [1.82, 2.24) is 5.32 Å². The predicted molar refractivity (Wildman–Crippen MR) is 85.1 cm³/mol. The van der Waals surface area contributed by atoms with Crippen LogP contribution in [0.25, 0.3) is 6.08 Å². The molecule has 0 spiro atoms. The molecule has 2 rings (SSSR count). The summed E-state index contributed by atoms with van der Waals surface area (Å²) in [5, 5.41) is 2.59. The fourth-order valence-electron chi connectivity index (χ4n) is 1.73. The Morgan fingerprint density at radius 2 is 2.15 bits per heavy atom. The van der Waals surface area contributed by atoms with Gasteiger partial charge in [-0.05, 0) is 26.0 Å². The minimum atomic E-state index is -0.182. The summed E-state index contributed by atoms with van der Waals surface area (Å²) in [6, 6.07) is 5.56. The van der Waals surface area contributed by atoms with Crippen molar-refractivity contribution in [2.45, 2.75) is 20.0 Å². The number of nitrogens with one attached hydrogen (secondary N) is 1. The first-order valence-corrected chi connectivity index (χ1v) is 7.32. The smallest absolute Gasteiger partial charge is 0.263 e. The van der Waals surface area contributed by atoms with E-state index in [0.29, 0.717) is 20.7 Å². The van der Waals surface area contributed by atoms with E-state index >= 15 is 0 Å². The highest BCUT2D eigenvalue weighted by Crippen LogP contribution is 2.35. The third kappa shape index (κ3) is 3.32. The summed E-state index contributed by atoms with van der Waals surface area (Å²) in [4.78, 5) is 12.3. The minimum absolute atomic E-state index is 0.00887. The molecule has 1 aromatic carbocycles. The van der Waals surface area contributed by atoms with Gasteiger partial charge in [0.2, 0.25) is 0 Å². The number of ether oxygens (including phenoxy) is 2. The van der Waals surface area contributed by atoms with E-state index in [9.17, 15) is 4.79 Å². The SMILES string of the molecule is COc1cccc(/C=C2\SC(=S)NC2=O)c1OC(C)C. The van der Waals surface area contributed by atoms with Crippen LogP contribution >= 0.6 is 24.0 Å². The number of thioether (sulfide) groups is 1. The Kier molecular flexibility index (Phi) is 4.67. The van der Waals surface area contributed by atoms with Crippen LogP contribution in [0.1, 0.15) is 19.4 Å². The molecule has 1 aromatic rings. The molecule has 106 valence electrons. The third-order valence-electron chi connectivity index (χ3n) is 2.51. The van der Waals surface area contributed by atoms with Crippen LogP contribution in [0, 0.1) is 0 Å². The monoisotopic (exact) mass is 309 g/mol. The zero-order valence-electron chi connectivity index (χ0n) is 11.4. The summed E-state index contributed by atoms with van der Waals surface area (Å²) < 4.78 is 11.6. The molecule has 6 heteroatoms. The second-order valence-corrected chi connectivity index (χ2v) is 6.12. The normalized spacial score (nSPS) is 16.7. The molecule has 1 amide bonds. The second kappa shape index (κ2) is 6.28. The fourth-order valence-corrected chi connectivity index (χ4v) is 2.77. The maximum Gasteiger partial charge on any atom is 0.263 e. The Labute approximate surface area is 127 Å². The van der Waals surface area contributed by atoms with Gasteiger partial charge in [-0.25, -0.2) is 0 Å². The zero-order valence-corrected chi connectivity index (χ0v) is 13.1. The van der Waals surface area contributed by atoms with Crippen molar-refractivity contribution in [3.8, 4) is 11.5 Å². The lowest BCUT2D eigenvalue weighted by atomic mass is 10.1. The fraction of sp³-hybridized carbons (Fsp3) is 0.286. The number of rotatable bonds is 4. The van der Waals surface area contributed by atoms with Gasteiger partial charge in [0.1, 0.15) is 4.32 Å². The van der Waals surface area contributed by atoms with Crippen LogP contribution < -0.4 is 14.8 Å². The third-order valence-corrected chi connectivity index (χ3v) is 3.67. The highest BCUT2D eigenvalue weighted by Gasteiger charge is 2.23. The van der Waals surface area contributed by atoms with Crippen molar-refractivity contribution in [3.05, 3.63) is 28.7 Å². The number of carbonyl (C=O) groups excluding carboxylic acids is 1. The lowest BCUT2D eigenvalue weighted by Gasteiger charge is -2.16. The number of thiocarbonyl (C=S) groups is 1. The van der Waals surface area contributed by atoms with Crippen LogP contribution in [0.2, 0.25) is 0 Å². The van der Waals surface area contributed by atoms with Crippen LogP contribution in [-0.2, 0) is 4.79 Å². The molecule has 0 radical (unpaired) electrons. The number of methoxy groups -OCH3 is 1. The number of amides is 1. The van der Waals surface area contributed by atoms with Gasteiger partial charge in [-0.3, -0.25) is 4.79 Å². The average Bonchev–Trinajstić information content (AvgIpc) is 2.69. The summed E-state index contributed by atoms with van der Waals surface area (Å²) in [5.74, 6) is 1.08. The van der Waals surface area contributed by atoms with Crippen molar-refractivity contribution in [2.24, 2.45) is 0 Å². The summed E-state index contributed by atoms with van der Waals surface area (Å²) in [7, 11) is 1.59. The van der Waals surface area contributed by atoms with Gasteiger partial charge >= 0.3 is 0 Å². The van der Waals surface area contributed by atoms with Gasteiger partial charge in [0.25, 0.3) is 5.91 Å². The molecule has 1 aliphatic heterocycles. The Hall–Kier alpha value is -1.53. The maximum absolute atomic E-state index is 11.7. The summed E-state index contributed by atoms with van der Waals surface area (Å²) >= 11 is 6.22. The molecule has 0 unspecified atom stereocenters. The Bertz CT molecular complexity index is 582. The van der Waals surface area contributed by atoms with Gasteiger partial charge in [-0.1, -0.05) is 36.1 Å².